The van der Waals surface area contributed by atoms with Crippen LogP contribution in [0.3, 0.4) is 0 Å². The van der Waals surface area contributed by atoms with E-state index in [1.165, 1.54) is 16.7 Å². The van der Waals surface area contributed by atoms with Gasteiger partial charge in [-0.2, -0.15) is 0 Å². The number of carbonyl (C=O) groups excluding carboxylic acids is 1. The van der Waals surface area contributed by atoms with E-state index in [0.717, 1.165) is 36.4 Å². The summed E-state index contributed by atoms with van der Waals surface area (Å²) < 4.78 is 0. The second-order valence-corrected chi connectivity index (χ2v) is 8.92. The Balaban J connectivity index is 1.82. The number of nitrogens with zero attached hydrogens (tertiary/aromatic N) is 2. The molecular weight excluding hydrogens is 346 g/mol. The second-order valence-electron chi connectivity index (χ2n) is 8.92. The third-order valence-corrected chi connectivity index (χ3v) is 5.29. The SMILES string of the molecule is [C-]#[N+]c1ccc(N2CCc3c(cc(C)c(NC(=O)CC(C)(C)C)c3C)C2)cc1. The Kier molecular flexibility index (Phi) is 5.47. The fourth-order valence-corrected chi connectivity index (χ4v) is 3.94. The number of amides is 1. The smallest absolute Gasteiger partial charge is 0.224 e. The summed E-state index contributed by atoms with van der Waals surface area (Å²) in [6, 6.07) is 10.0. The van der Waals surface area contributed by atoms with E-state index in [-0.39, 0.29) is 11.3 Å². The van der Waals surface area contributed by atoms with Crippen molar-refractivity contribution >= 4 is 23.0 Å². The number of benzene rings is 2. The Labute approximate surface area is 168 Å². The van der Waals surface area contributed by atoms with Gasteiger partial charge in [-0.1, -0.05) is 39.0 Å². The number of hydrogen-bond acceptors (Lipinski definition) is 2. The molecule has 2 aromatic carbocycles. The van der Waals surface area contributed by atoms with E-state index in [4.69, 9.17) is 6.57 Å². The zero-order chi connectivity index (χ0) is 20.5. The molecule has 0 atom stereocenters. The summed E-state index contributed by atoms with van der Waals surface area (Å²) in [6.45, 7) is 19.3. The zero-order valence-electron chi connectivity index (χ0n) is 17.5. The van der Waals surface area contributed by atoms with Crippen molar-refractivity contribution in [3.8, 4) is 0 Å². The largest absolute Gasteiger partial charge is 0.367 e. The minimum Gasteiger partial charge on any atom is -0.367 e. The van der Waals surface area contributed by atoms with Crippen molar-refractivity contribution < 1.29 is 4.79 Å². The number of fused-ring (bicyclic) bond motifs is 1. The highest BCUT2D eigenvalue weighted by Gasteiger charge is 2.23. The molecule has 1 amide bonds. The third-order valence-electron chi connectivity index (χ3n) is 5.29. The Morgan fingerprint density at radius 2 is 1.89 bits per heavy atom. The number of aryl methyl sites for hydroxylation is 1. The van der Waals surface area contributed by atoms with Gasteiger partial charge in [-0.3, -0.25) is 4.79 Å². The lowest BCUT2D eigenvalue weighted by Crippen LogP contribution is -2.31. The number of nitrogens with one attached hydrogen (secondary N) is 1. The van der Waals surface area contributed by atoms with Gasteiger partial charge in [-0.15, -0.1) is 0 Å². The van der Waals surface area contributed by atoms with Crippen LogP contribution in [0.2, 0.25) is 0 Å². The van der Waals surface area contributed by atoms with E-state index >= 15 is 0 Å². The van der Waals surface area contributed by atoms with Gasteiger partial charge in [0.05, 0.1) is 6.57 Å². The minimum absolute atomic E-state index is 0.0244. The van der Waals surface area contributed by atoms with Gasteiger partial charge in [0, 0.05) is 30.9 Å². The molecule has 1 heterocycles. The number of anilines is 2. The maximum absolute atomic E-state index is 12.4. The van der Waals surface area contributed by atoms with Crippen molar-refractivity contribution in [3.63, 3.8) is 0 Å². The van der Waals surface area contributed by atoms with Gasteiger partial charge in [0.2, 0.25) is 5.91 Å². The highest BCUT2D eigenvalue weighted by molar-refractivity contribution is 5.93. The molecule has 0 saturated carbocycles. The summed E-state index contributed by atoms with van der Waals surface area (Å²) in [5.41, 5.74) is 7.75. The monoisotopic (exact) mass is 375 g/mol. The van der Waals surface area contributed by atoms with E-state index in [0.29, 0.717) is 12.1 Å². The molecular formula is C24H29N3O. The Morgan fingerprint density at radius 3 is 2.50 bits per heavy atom. The molecule has 0 aliphatic carbocycles. The third kappa shape index (κ3) is 4.36. The topological polar surface area (TPSA) is 36.7 Å². The van der Waals surface area contributed by atoms with Crippen LogP contribution in [0, 0.1) is 25.8 Å². The van der Waals surface area contributed by atoms with E-state index in [2.05, 4.69) is 55.7 Å². The van der Waals surface area contributed by atoms with Gasteiger partial charge in [-0.05, 0) is 60.1 Å². The van der Waals surface area contributed by atoms with Gasteiger partial charge < -0.3 is 10.2 Å². The number of carbonyl (C=O) groups is 1. The molecule has 0 radical (unpaired) electrons. The van der Waals surface area contributed by atoms with Crippen LogP contribution in [0.25, 0.3) is 4.85 Å². The Hall–Kier alpha value is -2.80. The molecule has 28 heavy (non-hydrogen) atoms. The maximum Gasteiger partial charge on any atom is 0.224 e. The van der Waals surface area contributed by atoms with Gasteiger partial charge in [0.15, 0.2) is 5.69 Å². The molecule has 1 N–H and O–H groups in total. The summed E-state index contributed by atoms with van der Waals surface area (Å²) in [5, 5.41) is 3.16. The summed E-state index contributed by atoms with van der Waals surface area (Å²) >= 11 is 0. The summed E-state index contributed by atoms with van der Waals surface area (Å²) in [6.07, 6.45) is 1.46. The minimum atomic E-state index is -0.0244. The molecule has 146 valence electrons. The first-order valence-corrected chi connectivity index (χ1v) is 9.82. The fraction of sp³-hybridized carbons (Fsp3) is 0.417. The fourth-order valence-electron chi connectivity index (χ4n) is 3.94. The van der Waals surface area contributed by atoms with E-state index in [1.54, 1.807) is 0 Å². The molecule has 1 aliphatic rings. The molecule has 3 rings (SSSR count). The van der Waals surface area contributed by atoms with Crippen LogP contribution in [-0.4, -0.2) is 12.5 Å². The van der Waals surface area contributed by atoms with Gasteiger partial charge in [0.25, 0.3) is 0 Å². The van der Waals surface area contributed by atoms with Crippen LogP contribution in [-0.2, 0) is 17.8 Å². The van der Waals surface area contributed by atoms with Gasteiger partial charge >= 0.3 is 0 Å². The van der Waals surface area contributed by atoms with E-state index in [9.17, 15) is 4.79 Å². The van der Waals surface area contributed by atoms with Crippen LogP contribution in [0.15, 0.2) is 30.3 Å². The standard InChI is InChI=1S/C24H29N3O/c1-16-13-18-15-27(20-9-7-19(25-6)8-10-20)12-11-21(18)17(2)23(16)26-22(28)14-24(3,4)5/h7-10,13H,11-12,14-15H2,1-5H3,(H,26,28). The van der Waals surface area contributed by atoms with Gasteiger partial charge in [0.1, 0.15) is 0 Å². The highest BCUT2D eigenvalue weighted by Crippen LogP contribution is 2.33. The lowest BCUT2D eigenvalue weighted by molar-refractivity contribution is -0.117. The first kappa shape index (κ1) is 19.9. The molecule has 0 bridgehead atoms. The average molecular weight is 376 g/mol. The van der Waals surface area contributed by atoms with Crippen LogP contribution < -0.4 is 10.2 Å². The average Bonchev–Trinajstić information content (AvgIpc) is 2.63. The van der Waals surface area contributed by atoms with E-state index < -0.39 is 0 Å². The van der Waals surface area contributed by atoms with Crippen LogP contribution in [0.5, 0.6) is 0 Å². The Morgan fingerprint density at radius 1 is 1.21 bits per heavy atom. The molecule has 1 aliphatic heterocycles. The number of rotatable bonds is 3. The lowest BCUT2D eigenvalue weighted by atomic mass is 9.90. The normalized spacial score (nSPS) is 13.6. The zero-order valence-corrected chi connectivity index (χ0v) is 17.5. The highest BCUT2D eigenvalue weighted by atomic mass is 16.1. The van der Waals surface area contributed by atoms with Crippen molar-refractivity contribution in [1.29, 1.82) is 0 Å². The summed E-state index contributed by atoms with van der Waals surface area (Å²) in [4.78, 5) is 18.3. The second kappa shape index (κ2) is 7.67. The van der Waals surface area contributed by atoms with Crippen molar-refractivity contribution in [2.24, 2.45) is 5.41 Å². The summed E-state index contributed by atoms with van der Waals surface area (Å²) in [7, 11) is 0. The Bertz CT molecular complexity index is 930. The van der Waals surface area contributed by atoms with E-state index in [1.807, 2.05) is 24.3 Å². The first-order chi connectivity index (χ1) is 13.2. The van der Waals surface area contributed by atoms with Crippen molar-refractivity contribution in [2.45, 2.75) is 54.0 Å². The molecule has 0 aromatic heterocycles. The van der Waals surface area contributed by atoms with Crippen molar-refractivity contribution in [3.05, 3.63) is 64.0 Å². The quantitative estimate of drug-likeness (QED) is 0.689. The van der Waals surface area contributed by atoms with Crippen LogP contribution in [0.1, 0.15) is 49.4 Å². The molecule has 2 aromatic rings. The molecule has 4 heteroatoms. The molecule has 4 nitrogen and oxygen atoms in total. The van der Waals surface area contributed by atoms with Crippen molar-refractivity contribution in [1.82, 2.24) is 0 Å². The van der Waals surface area contributed by atoms with Gasteiger partial charge in [-0.25, -0.2) is 4.85 Å². The molecule has 0 unspecified atom stereocenters. The maximum atomic E-state index is 12.4. The molecule has 0 fully saturated rings. The van der Waals surface area contributed by atoms with Crippen LogP contribution in [0.4, 0.5) is 17.1 Å². The summed E-state index contributed by atoms with van der Waals surface area (Å²) in [5.74, 6) is 0.0796. The van der Waals surface area contributed by atoms with Crippen molar-refractivity contribution in [2.75, 3.05) is 16.8 Å². The first-order valence-electron chi connectivity index (χ1n) is 9.82. The lowest BCUT2D eigenvalue weighted by Gasteiger charge is -2.33. The predicted octanol–water partition coefficient (Wildman–Crippen LogP) is 5.79. The molecule has 0 saturated heterocycles. The predicted molar refractivity (Wildman–Crippen MR) is 116 cm³/mol. The molecule has 0 spiro atoms. The van der Waals surface area contributed by atoms with Crippen LogP contribution >= 0.6 is 0 Å². The number of hydrogen-bond donors (Lipinski definition) is 1.